The Morgan fingerprint density at radius 1 is 1.33 bits per heavy atom. The van der Waals surface area contributed by atoms with E-state index >= 15 is 0 Å². The number of aromatic nitrogens is 4. The van der Waals surface area contributed by atoms with E-state index in [-0.39, 0.29) is 0 Å². The van der Waals surface area contributed by atoms with Crippen LogP contribution in [0.25, 0.3) is 11.0 Å². The molecule has 2 aromatic heterocycles. The number of nitrogens with zero attached hydrogens (tertiary/aromatic N) is 5. The van der Waals surface area contributed by atoms with Crippen molar-refractivity contribution >= 4 is 22.8 Å². The second kappa shape index (κ2) is 5.85. The summed E-state index contributed by atoms with van der Waals surface area (Å²) in [7, 11) is 0. The lowest BCUT2D eigenvalue weighted by Gasteiger charge is -2.40. The Kier molecular flexibility index (Phi) is 3.92. The minimum atomic E-state index is 0.531. The van der Waals surface area contributed by atoms with Gasteiger partial charge in [0.25, 0.3) is 0 Å². The summed E-state index contributed by atoms with van der Waals surface area (Å²) in [5.41, 5.74) is 0.793. The lowest BCUT2D eigenvalue weighted by Crippen LogP contribution is -2.52. The summed E-state index contributed by atoms with van der Waals surface area (Å²) in [6.45, 7) is 11.5. The van der Waals surface area contributed by atoms with Crippen LogP contribution in [0.4, 0.5) is 11.8 Å². The molecule has 1 unspecified atom stereocenters. The Bertz CT molecular complexity index is 608. The van der Waals surface area contributed by atoms with E-state index < -0.39 is 0 Å². The zero-order valence-corrected chi connectivity index (χ0v) is 12.9. The second-order valence-corrected chi connectivity index (χ2v) is 5.46. The van der Waals surface area contributed by atoms with Gasteiger partial charge in [0, 0.05) is 32.2 Å². The third-order valence-corrected chi connectivity index (χ3v) is 4.10. The van der Waals surface area contributed by atoms with Crippen LogP contribution in [-0.2, 0) is 0 Å². The van der Waals surface area contributed by atoms with Crippen LogP contribution in [0.1, 0.15) is 20.8 Å². The van der Waals surface area contributed by atoms with Crippen molar-refractivity contribution in [3.05, 3.63) is 6.20 Å². The number of hydrogen-bond donors (Lipinski definition) is 2. The molecule has 1 fully saturated rings. The molecule has 0 bridgehead atoms. The largest absolute Gasteiger partial charge is 0.354 e. The van der Waals surface area contributed by atoms with Crippen LogP contribution in [0.3, 0.4) is 0 Å². The number of hydrogen-bond acceptors (Lipinski definition) is 6. The van der Waals surface area contributed by atoms with Gasteiger partial charge in [0.2, 0.25) is 5.95 Å². The molecule has 114 valence electrons. The van der Waals surface area contributed by atoms with Crippen molar-refractivity contribution in [1.29, 1.82) is 0 Å². The maximum atomic E-state index is 4.70. The molecule has 0 saturated carbocycles. The van der Waals surface area contributed by atoms with Gasteiger partial charge < -0.3 is 10.2 Å². The molecule has 3 rings (SSSR count). The maximum absolute atomic E-state index is 4.70. The minimum absolute atomic E-state index is 0.531. The van der Waals surface area contributed by atoms with Gasteiger partial charge in [0.05, 0.1) is 11.6 Å². The molecule has 2 aromatic rings. The number of piperazine rings is 1. The zero-order valence-electron chi connectivity index (χ0n) is 12.9. The van der Waals surface area contributed by atoms with Crippen molar-refractivity contribution in [2.45, 2.75) is 26.8 Å². The number of fused-ring (bicyclic) bond motifs is 1. The van der Waals surface area contributed by atoms with Gasteiger partial charge in [0.1, 0.15) is 5.82 Å². The van der Waals surface area contributed by atoms with Gasteiger partial charge in [-0.25, -0.2) is 0 Å². The molecular formula is C14H23N7. The fourth-order valence-electron chi connectivity index (χ4n) is 2.96. The van der Waals surface area contributed by atoms with Crippen LogP contribution in [0.2, 0.25) is 0 Å². The number of aromatic amines is 1. The van der Waals surface area contributed by atoms with Gasteiger partial charge >= 0.3 is 0 Å². The molecule has 0 aromatic carbocycles. The van der Waals surface area contributed by atoms with Gasteiger partial charge in [-0.1, -0.05) is 6.92 Å². The SMILES string of the molecule is CCNc1nc(N2CCN(CC)C(C)C2)c2cn[nH]c2n1. The summed E-state index contributed by atoms with van der Waals surface area (Å²) in [6.07, 6.45) is 1.82. The van der Waals surface area contributed by atoms with Crippen molar-refractivity contribution < 1.29 is 0 Å². The second-order valence-electron chi connectivity index (χ2n) is 5.46. The molecule has 7 heteroatoms. The van der Waals surface area contributed by atoms with Crippen LogP contribution in [0.5, 0.6) is 0 Å². The van der Waals surface area contributed by atoms with E-state index in [2.05, 4.69) is 44.1 Å². The lowest BCUT2D eigenvalue weighted by atomic mass is 10.2. The summed E-state index contributed by atoms with van der Waals surface area (Å²) in [4.78, 5) is 14.0. The van der Waals surface area contributed by atoms with Crippen LogP contribution < -0.4 is 10.2 Å². The van der Waals surface area contributed by atoms with Crippen LogP contribution in [0, 0.1) is 0 Å². The molecule has 0 amide bonds. The van der Waals surface area contributed by atoms with Gasteiger partial charge in [-0.2, -0.15) is 15.1 Å². The molecule has 3 heterocycles. The van der Waals surface area contributed by atoms with E-state index in [1.54, 1.807) is 0 Å². The predicted octanol–water partition coefficient (Wildman–Crippen LogP) is 1.32. The third-order valence-electron chi connectivity index (χ3n) is 4.10. The summed E-state index contributed by atoms with van der Waals surface area (Å²) in [5.74, 6) is 1.64. The third kappa shape index (κ3) is 2.65. The Hall–Kier alpha value is -1.89. The molecule has 0 aliphatic carbocycles. The average molecular weight is 289 g/mol. The first-order valence-electron chi connectivity index (χ1n) is 7.66. The van der Waals surface area contributed by atoms with Crippen molar-refractivity contribution in [2.24, 2.45) is 0 Å². The Morgan fingerprint density at radius 2 is 2.19 bits per heavy atom. The van der Waals surface area contributed by atoms with Crippen LogP contribution in [-0.4, -0.2) is 63.8 Å². The summed E-state index contributed by atoms with van der Waals surface area (Å²) < 4.78 is 0. The zero-order chi connectivity index (χ0) is 14.8. The molecule has 7 nitrogen and oxygen atoms in total. The van der Waals surface area contributed by atoms with Crippen molar-refractivity contribution in [1.82, 2.24) is 25.1 Å². The predicted molar refractivity (Wildman–Crippen MR) is 84.8 cm³/mol. The normalized spacial score (nSPS) is 20.1. The van der Waals surface area contributed by atoms with E-state index in [0.717, 1.165) is 49.6 Å². The quantitative estimate of drug-likeness (QED) is 0.884. The molecule has 1 atom stereocenters. The van der Waals surface area contributed by atoms with E-state index in [9.17, 15) is 0 Å². The summed E-state index contributed by atoms with van der Waals surface area (Å²) in [6, 6.07) is 0.531. The van der Waals surface area contributed by atoms with Crippen molar-refractivity contribution in [2.75, 3.05) is 42.9 Å². The Labute approximate surface area is 124 Å². The maximum Gasteiger partial charge on any atom is 0.226 e. The van der Waals surface area contributed by atoms with E-state index in [1.807, 2.05) is 13.1 Å². The first kappa shape index (κ1) is 14.1. The van der Waals surface area contributed by atoms with Gasteiger partial charge in [-0.15, -0.1) is 0 Å². The van der Waals surface area contributed by atoms with Gasteiger partial charge in [0.15, 0.2) is 5.65 Å². The molecular weight excluding hydrogens is 266 g/mol. The minimum Gasteiger partial charge on any atom is -0.354 e. The molecule has 2 N–H and O–H groups in total. The molecule has 1 aliphatic heterocycles. The van der Waals surface area contributed by atoms with Crippen molar-refractivity contribution in [3.63, 3.8) is 0 Å². The smallest absolute Gasteiger partial charge is 0.226 e. The standard InChI is InChI=1S/C14H23N7/c1-4-15-14-17-12-11(8-16-19-12)13(18-14)21-7-6-20(5-2)10(3)9-21/h8,10H,4-7,9H2,1-3H3,(H2,15,16,17,18,19). The Balaban J connectivity index is 1.93. The number of rotatable bonds is 4. The van der Waals surface area contributed by atoms with Gasteiger partial charge in [-0.05, 0) is 20.4 Å². The number of nitrogens with one attached hydrogen (secondary N) is 2. The number of likely N-dealkylation sites (N-methyl/N-ethyl adjacent to an activating group) is 1. The van der Waals surface area contributed by atoms with E-state index in [4.69, 9.17) is 4.98 Å². The molecule has 21 heavy (non-hydrogen) atoms. The van der Waals surface area contributed by atoms with Crippen LogP contribution in [0.15, 0.2) is 6.20 Å². The molecule has 1 aliphatic rings. The van der Waals surface area contributed by atoms with E-state index in [0.29, 0.717) is 12.0 Å². The van der Waals surface area contributed by atoms with Crippen molar-refractivity contribution in [3.8, 4) is 0 Å². The topological polar surface area (TPSA) is 73.0 Å². The van der Waals surface area contributed by atoms with Gasteiger partial charge in [-0.3, -0.25) is 10.00 Å². The fourth-order valence-corrected chi connectivity index (χ4v) is 2.96. The number of anilines is 2. The molecule has 0 radical (unpaired) electrons. The highest BCUT2D eigenvalue weighted by Gasteiger charge is 2.25. The summed E-state index contributed by atoms with van der Waals surface area (Å²) in [5, 5.41) is 11.3. The first-order valence-corrected chi connectivity index (χ1v) is 7.66. The summed E-state index contributed by atoms with van der Waals surface area (Å²) >= 11 is 0. The fraction of sp³-hybridized carbons (Fsp3) is 0.643. The van der Waals surface area contributed by atoms with E-state index in [1.165, 1.54) is 0 Å². The average Bonchev–Trinajstić information content (AvgIpc) is 2.95. The molecule has 1 saturated heterocycles. The number of H-pyrrole nitrogens is 1. The lowest BCUT2D eigenvalue weighted by molar-refractivity contribution is 0.199. The monoisotopic (exact) mass is 289 g/mol. The van der Waals surface area contributed by atoms with Crippen LogP contribution >= 0.6 is 0 Å². The highest BCUT2D eigenvalue weighted by molar-refractivity contribution is 5.87. The first-order chi connectivity index (χ1) is 10.2. The Morgan fingerprint density at radius 3 is 2.90 bits per heavy atom. The molecule has 0 spiro atoms. The highest BCUT2D eigenvalue weighted by Crippen LogP contribution is 2.26. The highest BCUT2D eigenvalue weighted by atomic mass is 15.3.